The second kappa shape index (κ2) is 11.8. The van der Waals surface area contributed by atoms with E-state index in [1.165, 1.54) is 22.7 Å². The second-order valence-electron chi connectivity index (χ2n) is 7.72. The van der Waals surface area contributed by atoms with Crippen LogP contribution in [0.25, 0.3) is 9.53 Å². The number of nitrogens with zero attached hydrogens (tertiary/aromatic N) is 6. The number of thiazole rings is 1. The average molecular weight is 507 g/mol. The number of hydrogen-bond donors (Lipinski definition) is 0. The number of thiophene rings is 1. The summed E-state index contributed by atoms with van der Waals surface area (Å²) in [4.78, 5) is 19.5. The van der Waals surface area contributed by atoms with Crippen molar-refractivity contribution in [1.82, 2.24) is 4.98 Å². The Bertz CT molecular complexity index is 1300. The zero-order chi connectivity index (χ0) is 24.6. The molecule has 0 bridgehead atoms. The zero-order valence-corrected chi connectivity index (χ0v) is 21.5. The van der Waals surface area contributed by atoms with Gasteiger partial charge in [0, 0.05) is 19.3 Å². The molecule has 8 nitrogen and oxygen atoms in total. The summed E-state index contributed by atoms with van der Waals surface area (Å²) in [7, 11) is 2.05. The van der Waals surface area contributed by atoms with Crippen molar-refractivity contribution in [3.05, 3.63) is 60.2 Å². The smallest absolute Gasteiger partial charge is 0.338 e. The van der Waals surface area contributed by atoms with E-state index in [1.807, 2.05) is 30.3 Å². The normalized spacial score (nSPS) is 11.6. The number of ether oxygens (including phenoxy) is 1. The van der Waals surface area contributed by atoms with Crippen LogP contribution in [0.2, 0.25) is 0 Å². The fourth-order valence-corrected chi connectivity index (χ4v) is 4.87. The molecule has 2 aromatic heterocycles. The summed E-state index contributed by atoms with van der Waals surface area (Å²) >= 11 is 2.90. The Morgan fingerprint density at radius 1 is 0.943 bits per heavy atom. The Kier molecular flexibility index (Phi) is 8.27. The molecular formula is C25H26N6O2S2. The Hall–Kier alpha value is -3.50. The van der Waals surface area contributed by atoms with Crippen LogP contribution in [0, 0.1) is 0 Å². The van der Waals surface area contributed by atoms with Crippen molar-refractivity contribution in [2.75, 3.05) is 25.1 Å². The molecule has 0 saturated heterocycles. The molecular weight excluding hydrogens is 480 g/mol. The van der Waals surface area contributed by atoms with Crippen LogP contribution in [0.4, 0.5) is 27.2 Å². The molecule has 0 amide bonds. The Labute approximate surface area is 212 Å². The van der Waals surface area contributed by atoms with Gasteiger partial charge in [0.1, 0.15) is 9.83 Å². The molecule has 4 aromatic rings. The van der Waals surface area contributed by atoms with Crippen molar-refractivity contribution >= 4 is 65.4 Å². The van der Waals surface area contributed by atoms with E-state index in [2.05, 4.69) is 51.2 Å². The maximum atomic E-state index is 12.0. The predicted octanol–water partition coefficient (Wildman–Crippen LogP) is 8.60. The van der Waals surface area contributed by atoms with E-state index in [1.54, 1.807) is 24.3 Å². The first-order chi connectivity index (χ1) is 17.1. The van der Waals surface area contributed by atoms with Gasteiger partial charge in [-0.1, -0.05) is 36.0 Å². The van der Waals surface area contributed by atoms with E-state index in [0.29, 0.717) is 23.0 Å². The van der Waals surface area contributed by atoms with Gasteiger partial charge in [-0.15, -0.1) is 20.5 Å². The molecule has 0 saturated carbocycles. The minimum atomic E-state index is -0.319. The molecule has 2 aromatic carbocycles. The first-order valence-electron chi connectivity index (χ1n) is 11.4. The number of benzene rings is 2. The van der Waals surface area contributed by atoms with Gasteiger partial charge in [-0.2, -0.15) is 0 Å². The Morgan fingerprint density at radius 2 is 1.63 bits per heavy atom. The van der Waals surface area contributed by atoms with Crippen LogP contribution in [-0.2, 0) is 4.74 Å². The topological polar surface area (TPSA) is 91.9 Å². The fourth-order valence-electron chi connectivity index (χ4n) is 3.02. The molecule has 0 aliphatic heterocycles. The van der Waals surface area contributed by atoms with Crippen molar-refractivity contribution in [3.63, 3.8) is 0 Å². The number of fused-ring (bicyclic) bond motifs is 1. The van der Waals surface area contributed by atoms with Gasteiger partial charge in [-0.05, 0) is 67.9 Å². The maximum absolute atomic E-state index is 12.0. The lowest BCUT2D eigenvalue weighted by atomic mass is 10.2. The fraction of sp³-hybridized carbons (Fsp3) is 0.280. The Morgan fingerprint density at radius 3 is 2.29 bits per heavy atom. The molecule has 0 fully saturated rings. The highest BCUT2D eigenvalue weighted by atomic mass is 32.1. The molecule has 2 heterocycles. The van der Waals surface area contributed by atoms with Crippen LogP contribution in [-0.4, -0.2) is 31.2 Å². The van der Waals surface area contributed by atoms with Crippen molar-refractivity contribution in [1.29, 1.82) is 0 Å². The first kappa shape index (κ1) is 24.6. The third-order valence-corrected chi connectivity index (χ3v) is 7.11. The third-order valence-electron chi connectivity index (χ3n) is 5.18. The molecule has 10 heteroatoms. The Balaban J connectivity index is 1.36. The maximum Gasteiger partial charge on any atom is 0.338 e. The van der Waals surface area contributed by atoms with E-state index < -0.39 is 0 Å². The average Bonchev–Trinajstić information content (AvgIpc) is 3.45. The highest BCUT2D eigenvalue weighted by Gasteiger charge is 2.09. The number of aromatic nitrogens is 1. The van der Waals surface area contributed by atoms with Gasteiger partial charge in [0.2, 0.25) is 5.13 Å². The number of esters is 1. The lowest BCUT2D eigenvalue weighted by Gasteiger charge is -2.16. The van der Waals surface area contributed by atoms with Crippen molar-refractivity contribution in [3.8, 4) is 0 Å². The van der Waals surface area contributed by atoms with Gasteiger partial charge < -0.3 is 9.64 Å². The monoisotopic (exact) mass is 506 g/mol. The summed E-state index contributed by atoms with van der Waals surface area (Å²) in [6, 6.07) is 16.8. The lowest BCUT2D eigenvalue weighted by Crippen LogP contribution is -2.15. The van der Waals surface area contributed by atoms with Crippen LogP contribution in [0.1, 0.15) is 37.0 Å². The van der Waals surface area contributed by atoms with Gasteiger partial charge in [0.05, 0.1) is 28.2 Å². The summed E-state index contributed by atoms with van der Waals surface area (Å²) in [5.74, 6) is -0.319. The number of rotatable bonds is 10. The van der Waals surface area contributed by atoms with Crippen LogP contribution in [0.15, 0.2) is 75.1 Å². The number of azo groups is 2. The summed E-state index contributed by atoms with van der Waals surface area (Å²) in [5, 5.41) is 18.5. The van der Waals surface area contributed by atoms with Crippen molar-refractivity contribution < 1.29 is 9.53 Å². The highest BCUT2D eigenvalue weighted by Crippen LogP contribution is 2.39. The van der Waals surface area contributed by atoms with E-state index in [-0.39, 0.29) is 5.97 Å². The SMILES string of the molecule is CCCCOC(=O)c1ccc(N=Nc2cc3sc(N=Nc4ccc(N(C)CC)cc4)nc3s2)cc1. The largest absolute Gasteiger partial charge is 0.462 e. The van der Waals surface area contributed by atoms with Crippen LogP contribution >= 0.6 is 22.7 Å². The molecule has 4 rings (SSSR count). The van der Waals surface area contributed by atoms with E-state index in [4.69, 9.17) is 4.74 Å². The number of unbranched alkanes of at least 4 members (excludes halogenated alkanes) is 1. The van der Waals surface area contributed by atoms with Crippen molar-refractivity contribution in [2.24, 2.45) is 20.5 Å². The van der Waals surface area contributed by atoms with Gasteiger partial charge >= 0.3 is 5.97 Å². The first-order valence-corrected chi connectivity index (χ1v) is 13.0. The zero-order valence-electron chi connectivity index (χ0n) is 19.8. The summed E-state index contributed by atoms with van der Waals surface area (Å²) < 4.78 is 6.21. The van der Waals surface area contributed by atoms with Crippen LogP contribution in [0.5, 0.6) is 0 Å². The molecule has 0 spiro atoms. The molecule has 0 atom stereocenters. The van der Waals surface area contributed by atoms with E-state index >= 15 is 0 Å². The summed E-state index contributed by atoms with van der Waals surface area (Å²) in [6.07, 6.45) is 1.85. The number of carbonyl (C=O) groups excluding carboxylic acids is 1. The number of anilines is 1. The third kappa shape index (κ3) is 6.55. The molecule has 180 valence electrons. The predicted molar refractivity (Wildman–Crippen MR) is 143 cm³/mol. The second-order valence-corrected chi connectivity index (χ2v) is 9.74. The summed E-state index contributed by atoms with van der Waals surface area (Å²) in [5.41, 5.74) is 3.09. The molecule has 0 N–H and O–H groups in total. The van der Waals surface area contributed by atoms with Crippen molar-refractivity contribution in [2.45, 2.75) is 26.7 Å². The molecule has 0 aliphatic carbocycles. The molecule has 0 aliphatic rings. The van der Waals surface area contributed by atoms with E-state index in [9.17, 15) is 4.79 Å². The summed E-state index contributed by atoms with van der Waals surface area (Å²) in [6.45, 7) is 5.55. The van der Waals surface area contributed by atoms with Gasteiger partial charge in [0.15, 0.2) is 0 Å². The standard InChI is InChI=1S/C25H26N6O2S2/c1-4-6-15-33-24(32)17-7-9-18(10-8-17)27-29-22-16-21-23(35-22)26-25(34-21)30-28-19-11-13-20(14-12-19)31(3)5-2/h7-14,16H,4-6,15H2,1-3H3. The lowest BCUT2D eigenvalue weighted by molar-refractivity contribution is 0.0500. The van der Waals surface area contributed by atoms with Gasteiger partial charge in [-0.3, -0.25) is 0 Å². The van der Waals surface area contributed by atoms with Gasteiger partial charge in [-0.25, -0.2) is 9.78 Å². The van der Waals surface area contributed by atoms with Gasteiger partial charge in [0.25, 0.3) is 0 Å². The highest BCUT2D eigenvalue weighted by molar-refractivity contribution is 7.30. The molecule has 0 unspecified atom stereocenters. The van der Waals surface area contributed by atoms with Crippen LogP contribution < -0.4 is 4.90 Å². The molecule has 0 radical (unpaired) electrons. The minimum absolute atomic E-state index is 0.319. The quantitative estimate of drug-likeness (QED) is 0.122. The number of hydrogen-bond acceptors (Lipinski definition) is 10. The number of carbonyl (C=O) groups is 1. The molecule has 35 heavy (non-hydrogen) atoms. The van der Waals surface area contributed by atoms with Crippen LogP contribution in [0.3, 0.4) is 0 Å². The minimum Gasteiger partial charge on any atom is -0.462 e. The van der Waals surface area contributed by atoms with E-state index in [0.717, 1.165) is 45.3 Å².